The van der Waals surface area contributed by atoms with Gasteiger partial charge in [0.25, 0.3) is 11.8 Å². The van der Waals surface area contributed by atoms with E-state index in [0.29, 0.717) is 43.5 Å². The van der Waals surface area contributed by atoms with Crippen LogP contribution in [0.5, 0.6) is 0 Å². The van der Waals surface area contributed by atoms with Crippen LogP contribution >= 0.6 is 0 Å². The number of hydrogen-bond acceptors (Lipinski definition) is 4. The highest BCUT2D eigenvalue weighted by atomic mass is 19.3. The van der Waals surface area contributed by atoms with Gasteiger partial charge in [-0.05, 0) is 19.3 Å². The zero-order valence-electron chi connectivity index (χ0n) is 12.0. The molecule has 22 heavy (non-hydrogen) atoms. The van der Waals surface area contributed by atoms with E-state index < -0.39 is 17.8 Å². The number of carbonyl (C=O) groups is 1. The van der Waals surface area contributed by atoms with Crippen LogP contribution in [0.4, 0.5) is 14.6 Å². The summed E-state index contributed by atoms with van der Waals surface area (Å²) in [7, 11) is 0. The minimum atomic E-state index is -2.50. The third kappa shape index (κ3) is 1.65. The van der Waals surface area contributed by atoms with Crippen LogP contribution in [0.3, 0.4) is 0 Å². The number of hydrogen-bond donors (Lipinski definition) is 1. The summed E-state index contributed by atoms with van der Waals surface area (Å²) in [6.45, 7) is 1.24. The van der Waals surface area contributed by atoms with Gasteiger partial charge in [0, 0.05) is 31.1 Å². The zero-order valence-corrected chi connectivity index (χ0v) is 12.0. The second-order valence-electron chi connectivity index (χ2n) is 6.81. The molecule has 1 N–H and O–H groups in total. The summed E-state index contributed by atoms with van der Waals surface area (Å²) in [4.78, 5) is 23.1. The van der Waals surface area contributed by atoms with E-state index in [0.717, 1.165) is 24.2 Å². The number of halogens is 2. The van der Waals surface area contributed by atoms with Crippen LogP contribution in [0, 0.1) is 11.8 Å². The van der Waals surface area contributed by atoms with Crippen molar-refractivity contribution in [3.8, 4) is 0 Å². The summed E-state index contributed by atoms with van der Waals surface area (Å²) in [6, 6.07) is 0. The number of piperidine rings is 1. The molecule has 3 fully saturated rings. The number of nitrogens with zero attached hydrogens (tertiary/aromatic N) is 3. The van der Waals surface area contributed by atoms with Gasteiger partial charge in [-0.2, -0.15) is 0 Å². The summed E-state index contributed by atoms with van der Waals surface area (Å²) in [6.07, 6.45) is 2.76. The molecule has 0 radical (unpaired) electrons. The Hall–Kier alpha value is -1.79. The minimum Gasteiger partial charge on any atom is -0.355 e. The topological polar surface area (TPSA) is 58.1 Å². The average molecular weight is 306 g/mol. The van der Waals surface area contributed by atoms with E-state index in [2.05, 4.69) is 15.3 Å². The molecule has 5 nitrogen and oxygen atoms in total. The minimum absolute atomic E-state index is 0.165. The Labute approximate surface area is 126 Å². The van der Waals surface area contributed by atoms with Crippen molar-refractivity contribution < 1.29 is 13.6 Å². The highest BCUT2D eigenvalue weighted by Crippen LogP contribution is 2.59. The molecule has 4 aliphatic rings. The van der Waals surface area contributed by atoms with Gasteiger partial charge in [0.2, 0.25) is 0 Å². The maximum Gasteiger partial charge on any atom is 0.270 e. The molecule has 2 saturated carbocycles. The summed E-state index contributed by atoms with van der Waals surface area (Å²) in [5.74, 6) is -1.98. The molecule has 0 spiro atoms. The van der Waals surface area contributed by atoms with E-state index in [1.54, 1.807) is 0 Å². The number of alkyl halides is 2. The van der Waals surface area contributed by atoms with Gasteiger partial charge >= 0.3 is 0 Å². The largest absolute Gasteiger partial charge is 0.355 e. The Morgan fingerprint density at radius 2 is 1.91 bits per heavy atom. The Morgan fingerprint density at radius 1 is 1.18 bits per heavy atom. The summed E-state index contributed by atoms with van der Waals surface area (Å²) < 4.78 is 26.9. The highest BCUT2D eigenvalue weighted by molar-refractivity contribution is 5.96. The van der Waals surface area contributed by atoms with Crippen LogP contribution in [-0.2, 0) is 6.42 Å². The summed E-state index contributed by atoms with van der Waals surface area (Å²) in [5.41, 5.74) is 1.28. The van der Waals surface area contributed by atoms with Gasteiger partial charge in [-0.3, -0.25) is 4.79 Å². The Bertz CT molecular complexity index is 674. The average Bonchev–Trinajstić information content (AvgIpc) is 3.35. The van der Waals surface area contributed by atoms with Gasteiger partial charge in [-0.1, -0.05) is 0 Å². The number of fused-ring (bicyclic) bond motifs is 2. The molecule has 7 heteroatoms. The van der Waals surface area contributed by atoms with Crippen LogP contribution in [0.15, 0.2) is 0 Å². The fraction of sp³-hybridized carbons (Fsp3) is 0.667. The molecule has 3 heterocycles. The molecule has 2 atom stereocenters. The van der Waals surface area contributed by atoms with Crippen molar-refractivity contribution >= 4 is 11.7 Å². The summed E-state index contributed by atoms with van der Waals surface area (Å²) in [5, 5.41) is 2.81. The standard InChI is InChI=1S/C15H16F2N4O/c16-15(17)9-5-21(6-10(9)15)13-8-3-4-18-14(22)11(8)19-12(20-13)7-1-2-7/h7,9-10H,1-6H2,(H,18,22). The molecular weight excluding hydrogens is 290 g/mol. The first-order valence-electron chi connectivity index (χ1n) is 7.87. The molecule has 1 aromatic heterocycles. The molecule has 116 valence electrons. The first-order chi connectivity index (χ1) is 10.6. The monoisotopic (exact) mass is 306 g/mol. The molecule has 5 rings (SSSR count). The van der Waals surface area contributed by atoms with Gasteiger partial charge in [0.15, 0.2) is 0 Å². The second kappa shape index (κ2) is 3.94. The lowest BCUT2D eigenvalue weighted by molar-refractivity contribution is 0.0795. The van der Waals surface area contributed by atoms with Crippen LogP contribution in [0.2, 0.25) is 0 Å². The van der Waals surface area contributed by atoms with Crippen molar-refractivity contribution in [1.29, 1.82) is 0 Å². The van der Waals surface area contributed by atoms with E-state index in [4.69, 9.17) is 0 Å². The maximum absolute atomic E-state index is 13.4. The molecule has 2 unspecified atom stereocenters. The second-order valence-corrected chi connectivity index (χ2v) is 6.81. The van der Waals surface area contributed by atoms with E-state index in [-0.39, 0.29) is 5.91 Å². The van der Waals surface area contributed by atoms with Gasteiger partial charge in [0.05, 0.1) is 11.8 Å². The van der Waals surface area contributed by atoms with Crippen LogP contribution in [0.1, 0.15) is 40.6 Å². The van der Waals surface area contributed by atoms with E-state index in [1.807, 2.05) is 4.90 Å². The maximum atomic E-state index is 13.4. The normalized spacial score (nSPS) is 31.5. The molecule has 0 aromatic carbocycles. The molecule has 0 bridgehead atoms. The lowest BCUT2D eigenvalue weighted by Gasteiger charge is -2.27. The quantitative estimate of drug-likeness (QED) is 0.896. The van der Waals surface area contributed by atoms with Crippen LogP contribution in [0.25, 0.3) is 0 Å². The Morgan fingerprint density at radius 3 is 2.59 bits per heavy atom. The van der Waals surface area contributed by atoms with Crippen LogP contribution < -0.4 is 10.2 Å². The Kier molecular flexibility index (Phi) is 2.28. The predicted molar refractivity (Wildman–Crippen MR) is 74.2 cm³/mol. The Balaban J connectivity index is 1.55. The number of nitrogens with one attached hydrogen (secondary N) is 1. The fourth-order valence-corrected chi connectivity index (χ4v) is 3.76. The van der Waals surface area contributed by atoms with E-state index in [9.17, 15) is 13.6 Å². The van der Waals surface area contributed by atoms with Crippen molar-refractivity contribution in [2.45, 2.75) is 31.1 Å². The van der Waals surface area contributed by atoms with Crippen molar-refractivity contribution in [1.82, 2.24) is 15.3 Å². The van der Waals surface area contributed by atoms with Crippen LogP contribution in [-0.4, -0.2) is 41.4 Å². The van der Waals surface area contributed by atoms with E-state index in [1.165, 1.54) is 0 Å². The predicted octanol–water partition coefficient (Wildman–Crippen LogP) is 1.34. The third-order valence-electron chi connectivity index (χ3n) is 5.32. The third-order valence-corrected chi connectivity index (χ3v) is 5.32. The van der Waals surface area contributed by atoms with Crippen molar-refractivity contribution in [3.63, 3.8) is 0 Å². The smallest absolute Gasteiger partial charge is 0.270 e. The van der Waals surface area contributed by atoms with Gasteiger partial charge in [-0.25, -0.2) is 18.7 Å². The van der Waals surface area contributed by atoms with Crippen molar-refractivity contribution in [3.05, 3.63) is 17.1 Å². The molecule has 2 aliphatic carbocycles. The molecule has 1 saturated heterocycles. The molecular formula is C15H16F2N4O. The summed E-state index contributed by atoms with van der Waals surface area (Å²) >= 11 is 0. The lowest BCUT2D eigenvalue weighted by atomic mass is 10.1. The zero-order chi connectivity index (χ0) is 15.1. The number of rotatable bonds is 2. The molecule has 1 aromatic rings. The number of amides is 1. The molecule has 1 amide bonds. The first kappa shape index (κ1) is 12.7. The SMILES string of the molecule is O=C1NCCc2c1nc(C1CC1)nc2N1CC2C(C1)C2(F)F. The number of carbonyl (C=O) groups excluding carboxylic acids is 1. The lowest BCUT2D eigenvalue weighted by Crippen LogP contribution is -2.37. The van der Waals surface area contributed by atoms with Gasteiger partial charge in [0.1, 0.15) is 17.3 Å². The number of anilines is 1. The first-order valence-corrected chi connectivity index (χ1v) is 7.87. The highest BCUT2D eigenvalue weighted by Gasteiger charge is 2.72. The number of aromatic nitrogens is 2. The van der Waals surface area contributed by atoms with Gasteiger partial charge < -0.3 is 10.2 Å². The van der Waals surface area contributed by atoms with E-state index >= 15 is 0 Å². The van der Waals surface area contributed by atoms with Crippen molar-refractivity contribution in [2.75, 3.05) is 24.5 Å². The molecule has 2 aliphatic heterocycles. The fourth-order valence-electron chi connectivity index (χ4n) is 3.76. The van der Waals surface area contributed by atoms with Gasteiger partial charge in [-0.15, -0.1) is 0 Å². The van der Waals surface area contributed by atoms with Crippen molar-refractivity contribution in [2.24, 2.45) is 11.8 Å².